The lowest BCUT2D eigenvalue weighted by molar-refractivity contribution is -0.393. The number of nitrogens with one attached hydrogen (secondary N) is 1. The zero-order valence-electron chi connectivity index (χ0n) is 14.0. The van der Waals surface area contributed by atoms with Gasteiger partial charge in [-0.1, -0.05) is 30.3 Å². The van der Waals surface area contributed by atoms with E-state index in [4.69, 9.17) is 0 Å². The second-order valence-corrected chi connectivity index (χ2v) is 6.21. The summed E-state index contributed by atoms with van der Waals surface area (Å²) in [5.41, 5.74) is 4.40. The van der Waals surface area contributed by atoms with Crippen LogP contribution >= 0.6 is 0 Å². The molecule has 2 aromatic carbocycles. The van der Waals surface area contributed by atoms with Gasteiger partial charge in [-0.25, -0.2) is 0 Å². The fourth-order valence-corrected chi connectivity index (χ4v) is 3.17. The van der Waals surface area contributed by atoms with Crippen LogP contribution in [0.5, 0.6) is 0 Å². The summed E-state index contributed by atoms with van der Waals surface area (Å²) in [7, 11) is 0. The van der Waals surface area contributed by atoms with Crippen molar-refractivity contribution in [2.24, 2.45) is 5.10 Å². The Morgan fingerprint density at radius 1 is 1.04 bits per heavy atom. The van der Waals surface area contributed by atoms with Crippen LogP contribution in [0.2, 0.25) is 0 Å². The normalized spacial score (nSPS) is 18.5. The van der Waals surface area contributed by atoms with Crippen molar-refractivity contribution in [2.45, 2.75) is 31.6 Å². The maximum atomic E-state index is 11.2. The molecule has 8 heteroatoms. The molecule has 0 aliphatic heterocycles. The van der Waals surface area contributed by atoms with Gasteiger partial charge < -0.3 is 0 Å². The highest BCUT2D eigenvalue weighted by molar-refractivity contribution is 5.87. The lowest BCUT2D eigenvalue weighted by Crippen LogP contribution is -2.15. The number of nitrogens with zero attached hydrogens (tertiary/aromatic N) is 3. The number of rotatable bonds is 5. The Morgan fingerprint density at radius 3 is 2.50 bits per heavy atom. The predicted molar refractivity (Wildman–Crippen MR) is 98.5 cm³/mol. The molecular formula is C18H18N4O4. The Morgan fingerprint density at radius 2 is 1.81 bits per heavy atom. The van der Waals surface area contributed by atoms with E-state index >= 15 is 0 Å². The highest BCUT2D eigenvalue weighted by Crippen LogP contribution is 2.32. The lowest BCUT2D eigenvalue weighted by Gasteiger charge is -2.23. The maximum absolute atomic E-state index is 11.2. The van der Waals surface area contributed by atoms with Gasteiger partial charge in [0.05, 0.1) is 15.9 Å². The average molecular weight is 354 g/mol. The topological polar surface area (TPSA) is 111 Å². The van der Waals surface area contributed by atoms with Crippen molar-refractivity contribution in [1.82, 2.24) is 0 Å². The van der Waals surface area contributed by atoms with Gasteiger partial charge in [0.1, 0.15) is 5.69 Å². The van der Waals surface area contributed by atoms with E-state index in [1.54, 1.807) is 0 Å². The molecule has 1 N–H and O–H groups in total. The number of hydrazone groups is 1. The van der Waals surface area contributed by atoms with Gasteiger partial charge in [-0.15, -0.1) is 0 Å². The molecule has 0 amide bonds. The Kier molecular flexibility index (Phi) is 5.21. The van der Waals surface area contributed by atoms with Crippen molar-refractivity contribution in [3.8, 4) is 0 Å². The Balaban J connectivity index is 1.77. The largest absolute Gasteiger partial charge is 0.301 e. The van der Waals surface area contributed by atoms with E-state index in [1.165, 1.54) is 17.7 Å². The van der Waals surface area contributed by atoms with Crippen LogP contribution in [0.1, 0.15) is 37.2 Å². The minimum Gasteiger partial charge on any atom is -0.272 e. The smallest absolute Gasteiger partial charge is 0.272 e. The molecule has 2 aromatic rings. The number of anilines is 1. The van der Waals surface area contributed by atoms with E-state index in [9.17, 15) is 20.2 Å². The Labute approximate surface area is 149 Å². The molecule has 0 bridgehead atoms. The molecule has 0 heterocycles. The fourth-order valence-electron chi connectivity index (χ4n) is 3.17. The van der Waals surface area contributed by atoms with E-state index in [0.717, 1.165) is 37.5 Å². The van der Waals surface area contributed by atoms with Crippen molar-refractivity contribution in [2.75, 3.05) is 5.43 Å². The van der Waals surface area contributed by atoms with Gasteiger partial charge in [-0.3, -0.25) is 25.7 Å². The number of nitro groups is 2. The summed E-state index contributed by atoms with van der Waals surface area (Å²) in [5.74, 6) is 0.386. The van der Waals surface area contributed by atoms with Crippen LogP contribution in [-0.4, -0.2) is 15.6 Å². The van der Waals surface area contributed by atoms with E-state index in [0.29, 0.717) is 5.92 Å². The molecule has 1 aliphatic rings. The first-order valence-corrected chi connectivity index (χ1v) is 8.34. The second kappa shape index (κ2) is 7.73. The molecule has 0 saturated heterocycles. The van der Waals surface area contributed by atoms with E-state index in [2.05, 4.69) is 22.7 Å². The van der Waals surface area contributed by atoms with Crippen LogP contribution in [0.15, 0.2) is 53.6 Å². The summed E-state index contributed by atoms with van der Waals surface area (Å²) in [4.78, 5) is 20.7. The van der Waals surface area contributed by atoms with E-state index in [1.807, 2.05) is 18.2 Å². The molecule has 1 atom stereocenters. The summed E-state index contributed by atoms with van der Waals surface area (Å²) in [6, 6.07) is 13.7. The van der Waals surface area contributed by atoms with Crippen LogP contribution in [0, 0.1) is 20.2 Å². The number of benzene rings is 2. The first kappa shape index (κ1) is 17.5. The van der Waals surface area contributed by atoms with Crippen LogP contribution < -0.4 is 5.43 Å². The molecule has 8 nitrogen and oxygen atoms in total. The zero-order chi connectivity index (χ0) is 18.5. The number of hydrogen-bond donors (Lipinski definition) is 1. The molecule has 0 aromatic heterocycles. The molecule has 0 radical (unpaired) electrons. The van der Waals surface area contributed by atoms with Crippen LogP contribution in [0.4, 0.5) is 17.1 Å². The van der Waals surface area contributed by atoms with Gasteiger partial charge in [0, 0.05) is 11.8 Å². The van der Waals surface area contributed by atoms with Gasteiger partial charge in [-0.2, -0.15) is 5.10 Å². The number of non-ortho nitro benzene ring substituents is 1. The van der Waals surface area contributed by atoms with Crippen LogP contribution in [-0.2, 0) is 0 Å². The maximum Gasteiger partial charge on any atom is 0.301 e. The third-order valence-electron chi connectivity index (χ3n) is 4.49. The Bertz CT molecular complexity index is 852. The summed E-state index contributed by atoms with van der Waals surface area (Å²) in [5, 5.41) is 26.3. The minimum atomic E-state index is -0.658. The van der Waals surface area contributed by atoms with Crippen LogP contribution in [0.3, 0.4) is 0 Å². The molecule has 1 aliphatic carbocycles. The molecule has 0 spiro atoms. The SMILES string of the molecule is O=[N+]([O-])c1ccc(N/N=C2\CCCC(c3ccccc3)C2)c([N+](=O)[O-])c1. The molecule has 134 valence electrons. The van der Waals surface area contributed by atoms with Crippen molar-refractivity contribution in [3.63, 3.8) is 0 Å². The van der Waals surface area contributed by atoms with Crippen molar-refractivity contribution >= 4 is 22.8 Å². The molecular weight excluding hydrogens is 336 g/mol. The molecule has 1 saturated carbocycles. The monoisotopic (exact) mass is 354 g/mol. The molecule has 3 rings (SSSR count). The van der Waals surface area contributed by atoms with Crippen LogP contribution in [0.25, 0.3) is 0 Å². The number of nitro benzene ring substituents is 2. The standard InChI is InChI=1S/C18H18N4O4/c23-21(24)16-9-10-17(18(12-16)22(25)26)20-19-15-8-4-7-14(11-15)13-5-2-1-3-6-13/h1-3,5-6,9-10,12,14,20H,4,7-8,11H2/b19-15+. The van der Waals surface area contributed by atoms with Gasteiger partial charge in [0.15, 0.2) is 0 Å². The first-order chi connectivity index (χ1) is 12.5. The summed E-state index contributed by atoms with van der Waals surface area (Å²) >= 11 is 0. The molecule has 1 fully saturated rings. The summed E-state index contributed by atoms with van der Waals surface area (Å²) in [6.45, 7) is 0. The van der Waals surface area contributed by atoms with Crippen molar-refractivity contribution in [1.29, 1.82) is 0 Å². The third kappa shape index (κ3) is 4.02. The first-order valence-electron chi connectivity index (χ1n) is 8.34. The Hall–Kier alpha value is -3.29. The van der Waals surface area contributed by atoms with E-state index in [-0.39, 0.29) is 17.1 Å². The zero-order valence-corrected chi connectivity index (χ0v) is 14.0. The third-order valence-corrected chi connectivity index (χ3v) is 4.49. The molecule has 26 heavy (non-hydrogen) atoms. The molecule has 1 unspecified atom stereocenters. The highest BCUT2D eigenvalue weighted by atomic mass is 16.6. The predicted octanol–water partition coefficient (Wildman–Crippen LogP) is 4.63. The number of hydrogen-bond acceptors (Lipinski definition) is 6. The minimum absolute atomic E-state index is 0.148. The van der Waals surface area contributed by atoms with E-state index < -0.39 is 9.85 Å². The van der Waals surface area contributed by atoms with Crippen molar-refractivity contribution < 1.29 is 9.85 Å². The van der Waals surface area contributed by atoms with Crippen molar-refractivity contribution in [3.05, 3.63) is 74.3 Å². The fraction of sp³-hybridized carbons (Fsp3) is 0.278. The van der Waals surface area contributed by atoms with Gasteiger partial charge >= 0.3 is 5.69 Å². The summed E-state index contributed by atoms with van der Waals surface area (Å²) < 4.78 is 0. The highest BCUT2D eigenvalue weighted by Gasteiger charge is 2.22. The quantitative estimate of drug-likeness (QED) is 0.621. The second-order valence-electron chi connectivity index (χ2n) is 6.21. The lowest BCUT2D eigenvalue weighted by atomic mass is 9.83. The van der Waals surface area contributed by atoms with Gasteiger partial charge in [0.25, 0.3) is 5.69 Å². The average Bonchev–Trinajstić information content (AvgIpc) is 2.67. The van der Waals surface area contributed by atoms with Gasteiger partial charge in [0.2, 0.25) is 0 Å². The summed E-state index contributed by atoms with van der Waals surface area (Å²) in [6.07, 6.45) is 3.71. The van der Waals surface area contributed by atoms with Gasteiger partial charge in [-0.05, 0) is 43.2 Å².